The molecule has 0 atom stereocenters. The average Bonchev–Trinajstić information content (AvgIpc) is 2.72. The number of benzene rings is 1. The summed E-state index contributed by atoms with van der Waals surface area (Å²) in [7, 11) is 0. The van der Waals surface area contributed by atoms with Crippen LogP contribution in [0.2, 0.25) is 0 Å². The van der Waals surface area contributed by atoms with Crippen molar-refractivity contribution < 1.29 is 19.2 Å². The maximum Gasteiger partial charge on any atom is 0.363 e. The maximum atomic E-state index is 11.7. The van der Waals surface area contributed by atoms with E-state index in [2.05, 4.69) is 0 Å². The summed E-state index contributed by atoms with van der Waals surface area (Å²) in [5.74, 6) is -1.80. The summed E-state index contributed by atoms with van der Waals surface area (Å²) in [5.41, 5.74) is 0.988. The zero-order chi connectivity index (χ0) is 13.8. The molecule has 1 fully saturated rings. The van der Waals surface area contributed by atoms with Crippen molar-refractivity contribution in [3.8, 4) is 6.07 Å². The smallest absolute Gasteiger partial charge is 0.325 e. The molecule has 2 rings (SSSR count). The van der Waals surface area contributed by atoms with Crippen LogP contribution in [0, 0.1) is 11.3 Å². The lowest BCUT2D eigenvalue weighted by Crippen LogP contribution is -2.32. The first-order valence-corrected chi connectivity index (χ1v) is 5.66. The first-order valence-electron chi connectivity index (χ1n) is 5.66. The Balaban J connectivity index is 2.06. The highest BCUT2D eigenvalue weighted by Gasteiger charge is 2.33. The lowest BCUT2D eigenvalue weighted by atomic mass is 10.1. The number of amides is 2. The largest absolute Gasteiger partial charge is 0.363 e. The molecule has 0 saturated carbocycles. The molecule has 0 N–H and O–H groups in total. The van der Waals surface area contributed by atoms with Gasteiger partial charge in [-0.25, -0.2) is 4.79 Å². The summed E-state index contributed by atoms with van der Waals surface area (Å²) in [6, 6.07) is 8.20. The van der Waals surface area contributed by atoms with Gasteiger partial charge in [0.15, 0.2) is 0 Å². The molecule has 1 aliphatic heterocycles. The Hall–Kier alpha value is -2.68. The molecule has 0 aromatic heterocycles. The molecule has 1 aromatic carbocycles. The fourth-order valence-corrected chi connectivity index (χ4v) is 1.64. The molecule has 6 nitrogen and oxygen atoms in total. The predicted octanol–water partition coefficient (Wildman–Crippen LogP) is 0.973. The van der Waals surface area contributed by atoms with Crippen LogP contribution in [-0.2, 0) is 20.8 Å². The molecule has 1 aliphatic rings. The normalized spacial score (nSPS) is 14.4. The fourth-order valence-electron chi connectivity index (χ4n) is 1.64. The van der Waals surface area contributed by atoms with Gasteiger partial charge in [-0.3, -0.25) is 9.59 Å². The van der Waals surface area contributed by atoms with E-state index in [1.807, 2.05) is 6.07 Å². The number of hydrogen-bond acceptors (Lipinski definition) is 5. The van der Waals surface area contributed by atoms with E-state index in [9.17, 15) is 14.4 Å². The molecule has 1 heterocycles. The van der Waals surface area contributed by atoms with E-state index < -0.39 is 17.8 Å². The van der Waals surface area contributed by atoms with Gasteiger partial charge in [-0.05, 0) is 17.7 Å². The van der Waals surface area contributed by atoms with Gasteiger partial charge in [-0.1, -0.05) is 12.1 Å². The van der Waals surface area contributed by atoms with E-state index in [0.29, 0.717) is 5.06 Å². The minimum absolute atomic E-state index is 0.0627. The van der Waals surface area contributed by atoms with Gasteiger partial charge in [0.05, 0.1) is 18.1 Å². The van der Waals surface area contributed by atoms with Crippen molar-refractivity contribution in [3.63, 3.8) is 0 Å². The number of nitriles is 1. The van der Waals surface area contributed by atoms with Crippen LogP contribution >= 0.6 is 0 Å². The fraction of sp³-hybridized carbons (Fsp3) is 0.231. The van der Waals surface area contributed by atoms with E-state index in [0.717, 1.165) is 5.56 Å². The molecule has 1 aromatic rings. The first kappa shape index (κ1) is 12.8. The highest BCUT2D eigenvalue weighted by Crippen LogP contribution is 2.14. The lowest BCUT2D eigenvalue weighted by Gasteiger charge is -2.12. The van der Waals surface area contributed by atoms with Crippen LogP contribution < -0.4 is 0 Å². The van der Waals surface area contributed by atoms with Gasteiger partial charge in [-0.15, -0.1) is 5.06 Å². The van der Waals surface area contributed by atoms with Crippen LogP contribution in [0.3, 0.4) is 0 Å². The number of carbonyl (C=O) groups is 3. The quantitative estimate of drug-likeness (QED) is 0.754. The van der Waals surface area contributed by atoms with Crippen molar-refractivity contribution >= 4 is 17.8 Å². The van der Waals surface area contributed by atoms with Crippen LogP contribution in [0.1, 0.15) is 28.8 Å². The van der Waals surface area contributed by atoms with Crippen molar-refractivity contribution in [1.29, 1.82) is 5.26 Å². The molecule has 1 saturated heterocycles. The molecular weight excluding hydrogens is 248 g/mol. The summed E-state index contributed by atoms with van der Waals surface area (Å²) in [4.78, 5) is 39.0. The van der Waals surface area contributed by atoms with Gasteiger partial charge in [0.1, 0.15) is 0 Å². The maximum absolute atomic E-state index is 11.7. The molecule has 0 radical (unpaired) electrons. The summed E-state index contributed by atoms with van der Waals surface area (Å²) >= 11 is 0. The van der Waals surface area contributed by atoms with Gasteiger partial charge in [0, 0.05) is 12.8 Å². The third-order valence-corrected chi connectivity index (χ3v) is 2.65. The molecule has 0 bridgehead atoms. The second-order valence-electron chi connectivity index (χ2n) is 3.99. The molecule has 0 unspecified atom stereocenters. The molecule has 19 heavy (non-hydrogen) atoms. The Morgan fingerprint density at radius 2 is 1.79 bits per heavy atom. The number of nitrogens with zero attached hydrogens (tertiary/aromatic N) is 2. The van der Waals surface area contributed by atoms with Gasteiger partial charge in [0.25, 0.3) is 11.8 Å². The molecule has 0 spiro atoms. The number of hydroxylamine groups is 2. The summed E-state index contributed by atoms with van der Waals surface area (Å²) < 4.78 is 0. The Kier molecular flexibility index (Phi) is 3.57. The van der Waals surface area contributed by atoms with E-state index in [1.54, 1.807) is 12.1 Å². The molecule has 0 aliphatic carbocycles. The van der Waals surface area contributed by atoms with Crippen LogP contribution in [0.15, 0.2) is 24.3 Å². The monoisotopic (exact) mass is 258 g/mol. The van der Waals surface area contributed by atoms with E-state index >= 15 is 0 Å². The minimum Gasteiger partial charge on any atom is -0.325 e. The average molecular weight is 258 g/mol. The Morgan fingerprint density at radius 3 is 2.32 bits per heavy atom. The summed E-state index contributed by atoms with van der Waals surface area (Å²) in [5, 5.41) is 9.03. The minimum atomic E-state index is -0.771. The topological polar surface area (TPSA) is 87.5 Å². The Bertz CT molecular complexity index is 555. The SMILES string of the molecule is N#CCc1ccc(C(=O)ON2C(=O)CCC2=O)cc1. The van der Waals surface area contributed by atoms with Crippen LogP contribution in [0.5, 0.6) is 0 Å². The summed E-state index contributed by atoms with van der Waals surface area (Å²) in [6.45, 7) is 0. The second kappa shape index (κ2) is 5.31. The van der Waals surface area contributed by atoms with Crippen molar-refractivity contribution in [1.82, 2.24) is 5.06 Å². The summed E-state index contributed by atoms with van der Waals surface area (Å²) in [6.07, 6.45) is 0.374. The van der Waals surface area contributed by atoms with Gasteiger partial charge in [0.2, 0.25) is 0 Å². The highest BCUT2D eigenvalue weighted by molar-refractivity contribution is 6.02. The lowest BCUT2D eigenvalue weighted by molar-refractivity contribution is -0.172. The van der Waals surface area contributed by atoms with Crippen molar-refractivity contribution in [3.05, 3.63) is 35.4 Å². The molecule has 2 amide bonds. The molecule has 96 valence electrons. The Labute approximate surface area is 109 Å². The highest BCUT2D eigenvalue weighted by atomic mass is 16.7. The van der Waals surface area contributed by atoms with Gasteiger partial charge in [-0.2, -0.15) is 5.26 Å². The number of rotatable bonds is 3. The van der Waals surface area contributed by atoms with E-state index in [-0.39, 0.29) is 24.8 Å². The molecular formula is C13H10N2O4. The number of imide groups is 1. The van der Waals surface area contributed by atoms with Crippen LogP contribution in [0.25, 0.3) is 0 Å². The number of carbonyl (C=O) groups excluding carboxylic acids is 3. The van der Waals surface area contributed by atoms with Crippen LogP contribution in [0.4, 0.5) is 0 Å². The van der Waals surface area contributed by atoms with Crippen molar-refractivity contribution in [2.45, 2.75) is 19.3 Å². The zero-order valence-electron chi connectivity index (χ0n) is 9.96. The van der Waals surface area contributed by atoms with E-state index in [4.69, 9.17) is 10.1 Å². The Morgan fingerprint density at radius 1 is 1.21 bits per heavy atom. The van der Waals surface area contributed by atoms with Gasteiger partial charge >= 0.3 is 5.97 Å². The molecule has 6 heteroatoms. The van der Waals surface area contributed by atoms with Gasteiger partial charge < -0.3 is 4.84 Å². The van der Waals surface area contributed by atoms with E-state index in [1.165, 1.54) is 12.1 Å². The third kappa shape index (κ3) is 2.77. The standard InChI is InChI=1S/C13H10N2O4/c14-8-7-9-1-3-10(4-2-9)13(18)19-15-11(16)5-6-12(15)17/h1-4H,5-7H2. The number of hydrogen-bond donors (Lipinski definition) is 0. The third-order valence-electron chi connectivity index (χ3n) is 2.65. The van der Waals surface area contributed by atoms with Crippen molar-refractivity contribution in [2.24, 2.45) is 0 Å². The van der Waals surface area contributed by atoms with Crippen molar-refractivity contribution in [2.75, 3.05) is 0 Å². The second-order valence-corrected chi connectivity index (χ2v) is 3.99. The zero-order valence-corrected chi connectivity index (χ0v) is 9.96. The first-order chi connectivity index (χ1) is 9.11. The predicted molar refractivity (Wildman–Crippen MR) is 62.3 cm³/mol. The van der Waals surface area contributed by atoms with Crippen LogP contribution in [-0.4, -0.2) is 22.8 Å².